The van der Waals surface area contributed by atoms with Crippen LogP contribution in [-0.4, -0.2) is 15.6 Å². The number of nitrogens with zero attached hydrogens (tertiary/aromatic N) is 1. The molecule has 0 atom stereocenters. The summed E-state index contributed by atoms with van der Waals surface area (Å²) >= 11 is 12.0. The Morgan fingerprint density at radius 3 is 2.47 bits per heavy atom. The summed E-state index contributed by atoms with van der Waals surface area (Å²) in [5.74, 6) is -1.27. The number of aromatic nitrogens is 1. The molecule has 1 aromatic heterocycles. The van der Waals surface area contributed by atoms with Crippen LogP contribution in [-0.2, 0) is 0 Å². The molecule has 1 N–H and O–H groups in total. The minimum Gasteiger partial charge on any atom is -0.477 e. The summed E-state index contributed by atoms with van der Waals surface area (Å²) in [6, 6.07) is 3.01. The van der Waals surface area contributed by atoms with Crippen LogP contribution in [0.15, 0.2) is 23.1 Å². The predicted octanol–water partition coefficient (Wildman–Crippen LogP) is 3.59. The second-order valence-electron chi connectivity index (χ2n) is 4.46. The SMILES string of the molecule is CC(C)n1cc(C(=O)O)c(=O)c2c(Cl)cc(Cl)cc21. The van der Waals surface area contributed by atoms with E-state index in [4.69, 9.17) is 28.3 Å². The molecule has 0 aliphatic carbocycles. The highest BCUT2D eigenvalue weighted by molar-refractivity contribution is 6.38. The summed E-state index contributed by atoms with van der Waals surface area (Å²) in [6.45, 7) is 3.76. The third-order valence-corrected chi connectivity index (χ3v) is 3.36. The molecule has 0 unspecified atom stereocenters. The van der Waals surface area contributed by atoms with Crippen molar-refractivity contribution in [1.82, 2.24) is 4.57 Å². The van der Waals surface area contributed by atoms with Gasteiger partial charge in [-0.25, -0.2) is 4.79 Å². The first-order valence-corrected chi connectivity index (χ1v) is 6.35. The number of carbonyl (C=O) groups is 1. The summed E-state index contributed by atoms with van der Waals surface area (Å²) in [6.07, 6.45) is 1.32. The van der Waals surface area contributed by atoms with Crippen LogP contribution in [0.1, 0.15) is 30.2 Å². The largest absolute Gasteiger partial charge is 0.477 e. The van der Waals surface area contributed by atoms with Crippen LogP contribution in [0, 0.1) is 0 Å². The van der Waals surface area contributed by atoms with Crippen molar-refractivity contribution in [3.8, 4) is 0 Å². The molecule has 6 heteroatoms. The van der Waals surface area contributed by atoms with Crippen molar-refractivity contribution in [1.29, 1.82) is 0 Å². The van der Waals surface area contributed by atoms with Crippen LogP contribution in [0.3, 0.4) is 0 Å². The van der Waals surface area contributed by atoms with Gasteiger partial charge in [0, 0.05) is 17.3 Å². The van der Waals surface area contributed by atoms with Crippen LogP contribution in [0.4, 0.5) is 0 Å². The minimum absolute atomic E-state index is 0.0317. The molecule has 0 amide bonds. The van der Waals surface area contributed by atoms with Crippen LogP contribution < -0.4 is 5.43 Å². The Morgan fingerprint density at radius 2 is 1.95 bits per heavy atom. The Labute approximate surface area is 119 Å². The van der Waals surface area contributed by atoms with E-state index in [-0.39, 0.29) is 22.0 Å². The highest BCUT2D eigenvalue weighted by atomic mass is 35.5. The van der Waals surface area contributed by atoms with Crippen molar-refractivity contribution < 1.29 is 9.90 Å². The standard InChI is InChI=1S/C13H11Cl2NO3/c1-6(2)16-5-8(13(18)19)12(17)11-9(15)3-7(14)4-10(11)16/h3-6H,1-2H3,(H,18,19). The number of aromatic carboxylic acids is 1. The number of carboxylic acid groups (broad SMARTS) is 1. The summed E-state index contributed by atoms with van der Waals surface area (Å²) in [5.41, 5.74) is -0.367. The quantitative estimate of drug-likeness (QED) is 0.922. The molecule has 0 radical (unpaired) electrons. The minimum atomic E-state index is -1.27. The topological polar surface area (TPSA) is 59.3 Å². The molecular weight excluding hydrogens is 289 g/mol. The molecular formula is C13H11Cl2NO3. The van der Waals surface area contributed by atoms with E-state index in [1.54, 1.807) is 10.6 Å². The van der Waals surface area contributed by atoms with Gasteiger partial charge in [0.15, 0.2) is 0 Å². The van der Waals surface area contributed by atoms with Crippen molar-refractivity contribution in [3.05, 3.63) is 44.2 Å². The molecule has 1 aromatic carbocycles. The fraction of sp³-hybridized carbons (Fsp3) is 0.231. The Kier molecular flexibility index (Phi) is 3.56. The Bertz CT molecular complexity index is 735. The summed E-state index contributed by atoms with van der Waals surface area (Å²) in [4.78, 5) is 23.3. The average molecular weight is 300 g/mol. The molecule has 2 aromatic rings. The van der Waals surface area contributed by atoms with Gasteiger partial charge in [0.1, 0.15) is 5.56 Å². The van der Waals surface area contributed by atoms with E-state index in [1.165, 1.54) is 12.3 Å². The molecule has 0 spiro atoms. The van der Waals surface area contributed by atoms with Gasteiger partial charge in [-0.2, -0.15) is 0 Å². The number of halogens is 2. The molecule has 19 heavy (non-hydrogen) atoms. The van der Waals surface area contributed by atoms with Gasteiger partial charge in [0.25, 0.3) is 0 Å². The maximum atomic E-state index is 12.2. The molecule has 100 valence electrons. The van der Waals surface area contributed by atoms with E-state index < -0.39 is 11.4 Å². The Hall–Kier alpha value is -1.52. The summed E-state index contributed by atoms with van der Waals surface area (Å²) < 4.78 is 1.68. The van der Waals surface area contributed by atoms with Gasteiger partial charge in [-0.3, -0.25) is 4.79 Å². The fourth-order valence-electron chi connectivity index (χ4n) is 1.97. The molecule has 0 aliphatic rings. The first-order chi connectivity index (χ1) is 8.82. The number of carboxylic acids is 1. The van der Waals surface area contributed by atoms with Gasteiger partial charge in [-0.15, -0.1) is 0 Å². The van der Waals surface area contributed by atoms with Crippen molar-refractivity contribution >= 4 is 40.1 Å². The van der Waals surface area contributed by atoms with Crippen molar-refractivity contribution in [3.63, 3.8) is 0 Å². The molecule has 0 fully saturated rings. The second kappa shape index (κ2) is 4.87. The number of rotatable bonds is 2. The van der Waals surface area contributed by atoms with Gasteiger partial charge in [0.2, 0.25) is 5.43 Å². The van der Waals surface area contributed by atoms with Crippen molar-refractivity contribution in [2.75, 3.05) is 0 Å². The molecule has 0 aliphatic heterocycles. The maximum Gasteiger partial charge on any atom is 0.341 e. The van der Waals surface area contributed by atoms with E-state index >= 15 is 0 Å². The van der Waals surface area contributed by atoms with Gasteiger partial charge < -0.3 is 9.67 Å². The third kappa shape index (κ3) is 2.33. The van der Waals surface area contributed by atoms with E-state index in [1.807, 2.05) is 13.8 Å². The number of hydrogen-bond donors (Lipinski definition) is 1. The van der Waals surface area contributed by atoms with Crippen LogP contribution in [0.2, 0.25) is 10.0 Å². The number of benzene rings is 1. The normalized spacial score (nSPS) is 11.2. The van der Waals surface area contributed by atoms with Crippen molar-refractivity contribution in [2.24, 2.45) is 0 Å². The summed E-state index contributed by atoms with van der Waals surface area (Å²) in [7, 11) is 0. The Morgan fingerprint density at radius 1 is 1.32 bits per heavy atom. The van der Waals surface area contributed by atoms with Gasteiger partial charge >= 0.3 is 5.97 Å². The van der Waals surface area contributed by atoms with Gasteiger partial charge in [-0.05, 0) is 26.0 Å². The van der Waals surface area contributed by atoms with Gasteiger partial charge in [0.05, 0.1) is 15.9 Å². The lowest BCUT2D eigenvalue weighted by Crippen LogP contribution is -2.20. The lowest BCUT2D eigenvalue weighted by atomic mass is 10.1. The lowest BCUT2D eigenvalue weighted by molar-refractivity contribution is 0.0695. The number of fused-ring (bicyclic) bond motifs is 1. The van der Waals surface area contributed by atoms with Crippen LogP contribution in [0.25, 0.3) is 10.9 Å². The second-order valence-corrected chi connectivity index (χ2v) is 5.30. The first-order valence-electron chi connectivity index (χ1n) is 5.60. The summed E-state index contributed by atoms with van der Waals surface area (Å²) in [5, 5.41) is 9.83. The van der Waals surface area contributed by atoms with E-state index in [2.05, 4.69) is 0 Å². The van der Waals surface area contributed by atoms with E-state index in [0.29, 0.717) is 10.5 Å². The predicted molar refractivity (Wildman–Crippen MR) is 75.6 cm³/mol. The zero-order valence-corrected chi connectivity index (χ0v) is 11.8. The first kappa shape index (κ1) is 13.9. The molecule has 1 heterocycles. The molecule has 0 saturated carbocycles. The van der Waals surface area contributed by atoms with E-state index in [0.717, 1.165) is 0 Å². The fourth-order valence-corrected chi connectivity index (χ4v) is 2.54. The third-order valence-electron chi connectivity index (χ3n) is 2.84. The molecule has 0 bridgehead atoms. The smallest absolute Gasteiger partial charge is 0.341 e. The monoisotopic (exact) mass is 299 g/mol. The van der Waals surface area contributed by atoms with E-state index in [9.17, 15) is 9.59 Å². The van der Waals surface area contributed by atoms with Crippen LogP contribution >= 0.6 is 23.2 Å². The highest BCUT2D eigenvalue weighted by Crippen LogP contribution is 2.27. The number of hydrogen-bond acceptors (Lipinski definition) is 2. The van der Waals surface area contributed by atoms with Crippen LogP contribution in [0.5, 0.6) is 0 Å². The zero-order chi connectivity index (χ0) is 14.3. The maximum absolute atomic E-state index is 12.2. The number of pyridine rings is 1. The molecule has 0 saturated heterocycles. The Balaban J connectivity index is 3.06. The average Bonchev–Trinajstić information content (AvgIpc) is 2.26. The van der Waals surface area contributed by atoms with Crippen molar-refractivity contribution in [2.45, 2.75) is 19.9 Å². The molecule has 2 rings (SSSR count). The molecule has 4 nitrogen and oxygen atoms in total. The highest BCUT2D eigenvalue weighted by Gasteiger charge is 2.18. The zero-order valence-electron chi connectivity index (χ0n) is 10.3. The lowest BCUT2D eigenvalue weighted by Gasteiger charge is -2.16. The van der Waals surface area contributed by atoms with Gasteiger partial charge in [-0.1, -0.05) is 23.2 Å².